The van der Waals surface area contributed by atoms with E-state index in [1.165, 1.54) is 19.1 Å². The summed E-state index contributed by atoms with van der Waals surface area (Å²) in [5, 5.41) is 13.0. The molecular weight excluding hydrogens is 326 g/mol. The van der Waals surface area contributed by atoms with Crippen LogP contribution in [-0.4, -0.2) is 17.0 Å². The Morgan fingerprint density at radius 3 is 2.52 bits per heavy atom. The predicted molar refractivity (Wildman–Crippen MR) is 91.0 cm³/mol. The smallest absolute Gasteiger partial charge is 0.348 e. The summed E-state index contributed by atoms with van der Waals surface area (Å²) in [6, 6.07) is 9.20. The zero-order valence-electron chi connectivity index (χ0n) is 13.0. The number of carbonyl (C=O) groups excluding carboxylic acids is 1. The Hall–Kier alpha value is -3.61. The molecule has 124 valence electrons. The Morgan fingerprint density at radius 1 is 1.00 bits per heavy atom. The van der Waals surface area contributed by atoms with E-state index in [-0.39, 0.29) is 22.4 Å². The number of amides is 1. The van der Waals surface area contributed by atoms with E-state index in [2.05, 4.69) is 5.32 Å². The highest BCUT2D eigenvalue weighted by molar-refractivity contribution is 6.14. The van der Waals surface area contributed by atoms with Crippen LogP contribution in [0.2, 0.25) is 0 Å². The SMILES string of the molecule is CC(=O)Nc1ccc2oc3c4ccc(C(=O)O)cc4oc(=O)c3c2c1. The molecule has 0 saturated heterocycles. The van der Waals surface area contributed by atoms with Gasteiger partial charge in [0, 0.05) is 18.0 Å². The van der Waals surface area contributed by atoms with Gasteiger partial charge in [0.05, 0.1) is 10.9 Å². The van der Waals surface area contributed by atoms with Crippen LogP contribution in [0.15, 0.2) is 50.0 Å². The number of rotatable bonds is 2. The highest BCUT2D eigenvalue weighted by Crippen LogP contribution is 2.33. The standard InChI is InChI=1S/C18H11NO6/c1-8(20)19-10-3-5-13-12(7-10)15-16(24-13)11-4-2-9(17(21)22)6-14(11)25-18(15)23/h2-7H,1H3,(H,19,20)(H,21,22). The van der Waals surface area contributed by atoms with Crippen molar-refractivity contribution in [2.75, 3.05) is 5.32 Å². The first kappa shape index (κ1) is 14.9. The Kier molecular flexibility index (Phi) is 3.11. The monoisotopic (exact) mass is 337 g/mol. The summed E-state index contributed by atoms with van der Waals surface area (Å²) < 4.78 is 11.1. The van der Waals surface area contributed by atoms with Crippen molar-refractivity contribution < 1.29 is 23.5 Å². The number of fused-ring (bicyclic) bond motifs is 5. The third-order valence-electron chi connectivity index (χ3n) is 3.89. The summed E-state index contributed by atoms with van der Waals surface area (Å²) in [4.78, 5) is 34.7. The number of hydrogen-bond acceptors (Lipinski definition) is 5. The molecule has 1 amide bonds. The summed E-state index contributed by atoms with van der Waals surface area (Å²) in [6.07, 6.45) is 0. The number of carbonyl (C=O) groups is 2. The Bertz CT molecular complexity index is 1250. The van der Waals surface area contributed by atoms with Crippen LogP contribution in [0.3, 0.4) is 0 Å². The van der Waals surface area contributed by atoms with Gasteiger partial charge in [0.1, 0.15) is 16.6 Å². The number of nitrogens with one attached hydrogen (secondary N) is 1. The first-order valence-electron chi connectivity index (χ1n) is 7.38. The minimum Gasteiger partial charge on any atom is -0.478 e. The van der Waals surface area contributed by atoms with Crippen LogP contribution in [-0.2, 0) is 4.79 Å². The normalized spacial score (nSPS) is 11.2. The van der Waals surface area contributed by atoms with E-state index in [1.54, 1.807) is 24.3 Å². The van der Waals surface area contributed by atoms with Gasteiger partial charge in [0.15, 0.2) is 5.58 Å². The molecule has 7 heteroatoms. The molecule has 0 unspecified atom stereocenters. The molecule has 4 rings (SSSR count). The van der Waals surface area contributed by atoms with E-state index < -0.39 is 11.6 Å². The Balaban J connectivity index is 2.07. The van der Waals surface area contributed by atoms with Gasteiger partial charge in [0.25, 0.3) is 0 Å². The van der Waals surface area contributed by atoms with Gasteiger partial charge in [-0.3, -0.25) is 4.79 Å². The lowest BCUT2D eigenvalue weighted by molar-refractivity contribution is -0.114. The number of aromatic carboxylic acids is 1. The second-order valence-corrected chi connectivity index (χ2v) is 5.60. The Morgan fingerprint density at radius 2 is 1.80 bits per heavy atom. The van der Waals surface area contributed by atoms with E-state index in [1.807, 2.05) is 0 Å². The predicted octanol–water partition coefficient (Wildman–Crippen LogP) is 3.35. The van der Waals surface area contributed by atoms with Gasteiger partial charge in [-0.1, -0.05) is 0 Å². The second-order valence-electron chi connectivity index (χ2n) is 5.60. The molecule has 25 heavy (non-hydrogen) atoms. The van der Waals surface area contributed by atoms with Crippen LogP contribution in [0.4, 0.5) is 5.69 Å². The van der Waals surface area contributed by atoms with Crippen molar-refractivity contribution in [1.29, 1.82) is 0 Å². The molecule has 4 aromatic rings. The highest BCUT2D eigenvalue weighted by atomic mass is 16.4. The van der Waals surface area contributed by atoms with Crippen LogP contribution in [0.5, 0.6) is 0 Å². The molecule has 0 saturated carbocycles. The number of benzene rings is 2. The summed E-state index contributed by atoms with van der Waals surface area (Å²) >= 11 is 0. The van der Waals surface area contributed by atoms with Crippen molar-refractivity contribution in [1.82, 2.24) is 0 Å². The molecule has 0 spiro atoms. The third-order valence-corrected chi connectivity index (χ3v) is 3.89. The van der Waals surface area contributed by atoms with Gasteiger partial charge in [-0.25, -0.2) is 9.59 Å². The summed E-state index contributed by atoms with van der Waals surface area (Å²) in [5.74, 6) is -1.35. The minimum atomic E-state index is -1.12. The molecule has 0 bridgehead atoms. The van der Waals surface area contributed by atoms with Gasteiger partial charge in [-0.15, -0.1) is 0 Å². The maximum Gasteiger partial charge on any atom is 0.348 e. The molecule has 0 atom stereocenters. The maximum absolute atomic E-state index is 12.4. The molecule has 0 aliphatic carbocycles. The maximum atomic E-state index is 12.4. The van der Waals surface area contributed by atoms with Crippen LogP contribution < -0.4 is 10.9 Å². The van der Waals surface area contributed by atoms with Crippen molar-refractivity contribution in [3.05, 3.63) is 52.4 Å². The first-order chi connectivity index (χ1) is 11.9. The minimum absolute atomic E-state index is 0.0130. The number of carboxylic acids is 1. The molecular formula is C18H11NO6. The fourth-order valence-electron chi connectivity index (χ4n) is 2.85. The Labute approximate surface area is 139 Å². The van der Waals surface area contributed by atoms with E-state index in [4.69, 9.17) is 13.9 Å². The van der Waals surface area contributed by atoms with Gasteiger partial charge in [-0.2, -0.15) is 0 Å². The van der Waals surface area contributed by atoms with Crippen LogP contribution in [0, 0.1) is 0 Å². The van der Waals surface area contributed by atoms with Gasteiger partial charge < -0.3 is 19.3 Å². The number of hydrogen-bond donors (Lipinski definition) is 2. The molecule has 7 nitrogen and oxygen atoms in total. The molecule has 0 aliphatic rings. The van der Waals surface area contributed by atoms with Crippen LogP contribution in [0.25, 0.3) is 32.9 Å². The molecule has 0 aliphatic heterocycles. The fourth-order valence-corrected chi connectivity index (χ4v) is 2.85. The number of carboxylic acid groups (broad SMARTS) is 1. The molecule has 2 aromatic carbocycles. The topological polar surface area (TPSA) is 110 Å². The quantitative estimate of drug-likeness (QED) is 0.543. The lowest BCUT2D eigenvalue weighted by Gasteiger charge is -2.01. The van der Waals surface area contributed by atoms with Gasteiger partial charge in [-0.05, 0) is 36.4 Å². The van der Waals surface area contributed by atoms with E-state index in [9.17, 15) is 14.4 Å². The van der Waals surface area contributed by atoms with Gasteiger partial charge in [0.2, 0.25) is 5.91 Å². The van der Waals surface area contributed by atoms with Crippen molar-refractivity contribution in [2.24, 2.45) is 0 Å². The van der Waals surface area contributed by atoms with Crippen LogP contribution >= 0.6 is 0 Å². The molecule has 2 N–H and O–H groups in total. The van der Waals surface area contributed by atoms with Gasteiger partial charge >= 0.3 is 11.6 Å². The average molecular weight is 337 g/mol. The molecule has 2 aromatic heterocycles. The molecule has 0 radical (unpaired) electrons. The zero-order valence-corrected chi connectivity index (χ0v) is 13.0. The first-order valence-corrected chi connectivity index (χ1v) is 7.38. The van der Waals surface area contributed by atoms with Crippen molar-refractivity contribution in [3.8, 4) is 0 Å². The highest BCUT2D eigenvalue weighted by Gasteiger charge is 2.17. The molecule has 2 heterocycles. The van der Waals surface area contributed by atoms with E-state index in [0.717, 1.165) is 0 Å². The van der Waals surface area contributed by atoms with Crippen molar-refractivity contribution in [3.63, 3.8) is 0 Å². The van der Waals surface area contributed by atoms with Crippen molar-refractivity contribution >= 4 is 50.5 Å². The van der Waals surface area contributed by atoms with E-state index in [0.29, 0.717) is 27.6 Å². The fraction of sp³-hybridized carbons (Fsp3) is 0.0556. The van der Waals surface area contributed by atoms with Crippen molar-refractivity contribution in [2.45, 2.75) is 6.92 Å². The van der Waals surface area contributed by atoms with E-state index >= 15 is 0 Å². The largest absolute Gasteiger partial charge is 0.478 e. The summed E-state index contributed by atoms with van der Waals surface area (Å²) in [7, 11) is 0. The van der Waals surface area contributed by atoms with Crippen LogP contribution in [0.1, 0.15) is 17.3 Å². The zero-order chi connectivity index (χ0) is 17.7. The average Bonchev–Trinajstić information content (AvgIpc) is 2.93. The number of furan rings is 1. The molecule has 0 fully saturated rings. The third kappa shape index (κ3) is 2.33. The second kappa shape index (κ2) is 5.20. The lowest BCUT2D eigenvalue weighted by atomic mass is 10.1. The lowest BCUT2D eigenvalue weighted by Crippen LogP contribution is -2.05. The number of anilines is 1. The summed E-state index contributed by atoms with van der Waals surface area (Å²) in [6.45, 7) is 1.39. The summed E-state index contributed by atoms with van der Waals surface area (Å²) in [5.41, 5.74) is 0.828.